The van der Waals surface area contributed by atoms with Crippen molar-refractivity contribution in [1.82, 2.24) is 0 Å². The van der Waals surface area contributed by atoms with Crippen LogP contribution in [0.25, 0.3) is 0 Å². The van der Waals surface area contributed by atoms with Gasteiger partial charge in [0.1, 0.15) is 18.2 Å². The molecule has 0 aliphatic carbocycles. The fourth-order valence-corrected chi connectivity index (χ4v) is 3.16. The largest absolute Gasteiger partial charge is 0.489 e. The fraction of sp³-hybridized carbons (Fsp3) is 0.350. The summed E-state index contributed by atoms with van der Waals surface area (Å²) in [5.74, 6) is -0.788. The van der Waals surface area contributed by atoms with Crippen LogP contribution < -0.4 is 4.74 Å². The number of hydrogen-bond acceptors (Lipinski definition) is 3. The van der Waals surface area contributed by atoms with E-state index in [0.717, 1.165) is 12.1 Å². The van der Waals surface area contributed by atoms with Crippen LogP contribution in [0.3, 0.4) is 0 Å². The lowest BCUT2D eigenvalue weighted by Gasteiger charge is -2.25. The van der Waals surface area contributed by atoms with Crippen molar-refractivity contribution in [2.75, 3.05) is 13.2 Å². The summed E-state index contributed by atoms with van der Waals surface area (Å²) in [5.41, 5.74) is -0.172. The van der Waals surface area contributed by atoms with Gasteiger partial charge in [0.15, 0.2) is 6.29 Å². The van der Waals surface area contributed by atoms with Crippen molar-refractivity contribution in [3.05, 3.63) is 64.5 Å². The van der Waals surface area contributed by atoms with Gasteiger partial charge >= 0.3 is 6.18 Å². The molecule has 144 valence electrons. The molecule has 3 nitrogen and oxygen atoms in total. The maximum atomic E-state index is 13.6. The van der Waals surface area contributed by atoms with Crippen LogP contribution in [0.5, 0.6) is 5.75 Å². The van der Waals surface area contributed by atoms with E-state index in [2.05, 4.69) is 0 Å². The van der Waals surface area contributed by atoms with Crippen LogP contribution in [0.15, 0.2) is 36.4 Å². The molecular weight excluding hydrogens is 364 g/mol. The first-order chi connectivity index (χ1) is 12.9. The average Bonchev–Trinajstić information content (AvgIpc) is 2.66. The molecule has 3 rings (SSSR count). The summed E-state index contributed by atoms with van der Waals surface area (Å²) in [5, 5.41) is 0. The highest BCUT2D eigenvalue weighted by Gasteiger charge is 2.35. The second-order valence-corrected chi connectivity index (χ2v) is 6.40. The van der Waals surface area contributed by atoms with E-state index < -0.39 is 17.6 Å². The molecule has 27 heavy (non-hydrogen) atoms. The van der Waals surface area contributed by atoms with Crippen LogP contribution in [-0.4, -0.2) is 19.5 Å². The summed E-state index contributed by atoms with van der Waals surface area (Å²) in [4.78, 5) is 10.6. The van der Waals surface area contributed by atoms with E-state index in [1.807, 2.05) is 0 Å². The fourth-order valence-electron chi connectivity index (χ4n) is 3.16. The molecule has 0 radical (unpaired) electrons. The number of halogens is 4. The Kier molecular flexibility index (Phi) is 5.79. The van der Waals surface area contributed by atoms with Crippen LogP contribution in [0.4, 0.5) is 17.6 Å². The number of alkyl halides is 3. The van der Waals surface area contributed by atoms with Crippen molar-refractivity contribution < 1.29 is 31.8 Å². The molecule has 0 amide bonds. The summed E-state index contributed by atoms with van der Waals surface area (Å²) in [6.45, 7) is 0.765. The van der Waals surface area contributed by atoms with Crippen LogP contribution in [0.1, 0.15) is 45.8 Å². The third kappa shape index (κ3) is 4.66. The Bertz CT molecular complexity index is 811. The Morgan fingerprint density at radius 3 is 2.48 bits per heavy atom. The van der Waals surface area contributed by atoms with Gasteiger partial charge in [-0.2, -0.15) is 13.2 Å². The van der Waals surface area contributed by atoms with Crippen LogP contribution in [0, 0.1) is 5.82 Å². The maximum absolute atomic E-state index is 13.6. The summed E-state index contributed by atoms with van der Waals surface area (Å²) < 4.78 is 64.8. The smallest absolute Gasteiger partial charge is 0.416 e. The molecule has 0 saturated carbocycles. The Labute approximate surface area is 153 Å². The van der Waals surface area contributed by atoms with Gasteiger partial charge in [0.05, 0.1) is 11.1 Å². The molecule has 0 atom stereocenters. The highest BCUT2D eigenvalue weighted by Crippen LogP contribution is 2.39. The first kappa shape index (κ1) is 19.4. The lowest BCUT2D eigenvalue weighted by Crippen LogP contribution is -2.19. The molecule has 0 bridgehead atoms. The number of carbonyl (C=O) groups is 1. The number of carbonyl (C=O) groups excluding carboxylic acids is 1. The molecular formula is C20H18F4O3. The first-order valence-electron chi connectivity index (χ1n) is 8.54. The molecule has 1 aliphatic heterocycles. The molecule has 7 heteroatoms. The third-order valence-corrected chi connectivity index (χ3v) is 4.59. The van der Waals surface area contributed by atoms with E-state index >= 15 is 0 Å². The van der Waals surface area contributed by atoms with Crippen molar-refractivity contribution in [2.45, 2.75) is 31.5 Å². The Morgan fingerprint density at radius 1 is 1.11 bits per heavy atom. The van der Waals surface area contributed by atoms with Gasteiger partial charge in [-0.05, 0) is 48.1 Å². The highest BCUT2D eigenvalue weighted by atomic mass is 19.4. The third-order valence-electron chi connectivity index (χ3n) is 4.59. The van der Waals surface area contributed by atoms with Gasteiger partial charge in [-0.15, -0.1) is 0 Å². The van der Waals surface area contributed by atoms with Crippen molar-refractivity contribution in [1.29, 1.82) is 0 Å². The quantitative estimate of drug-likeness (QED) is 0.531. The van der Waals surface area contributed by atoms with Crippen molar-refractivity contribution in [3.63, 3.8) is 0 Å². The number of hydrogen-bond donors (Lipinski definition) is 0. The van der Waals surface area contributed by atoms with Gasteiger partial charge in [0.25, 0.3) is 0 Å². The lowest BCUT2D eigenvalue weighted by atomic mass is 9.87. The van der Waals surface area contributed by atoms with E-state index in [4.69, 9.17) is 9.47 Å². The number of rotatable bonds is 5. The Morgan fingerprint density at radius 2 is 1.85 bits per heavy atom. The van der Waals surface area contributed by atoms with Crippen molar-refractivity contribution >= 4 is 6.29 Å². The van der Waals surface area contributed by atoms with Gasteiger partial charge in [0.2, 0.25) is 0 Å². The second kappa shape index (κ2) is 8.08. The van der Waals surface area contributed by atoms with Gasteiger partial charge in [-0.3, -0.25) is 4.79 Å². The van der Waals surface area contributed by atoms with Gasteiger partial charge in [-0.25, -0.2) is 4.39 Å². The standard InChI is InChI=1S/C20H18F4O3/c21-19-10-16(3-2-15(19)11-25)27-12-13-1-4-17(14-5-7-26-8-6-14)18(9-13)20(22,23)24/h1-4,9-11,14H,5-8,12H2. The monoisotopic (exact) mass is 382 g/mol. The molecule has 1 saturated heterocycles. The summed E-state index contributed by atoms with van der Waals surface area (Å²) in [6, 6.07) is 7.86. The van der Waals surface area contributed by atoms with Crippen molar-refractivity contribution in [3.8, 4) is 5.75 Å². The first-order valence-corrected chi connectivity index (χ1v) is 8.54. The predicted molar refractivity (Wildman–Crippen MR) is 90.4 cm³/mol. The lowest BCUT2D eigenvalue weighted by molar-refractivity contribution is -0.138. The molecule has 2 aromatic carbocycles. The molecule has 0 aromatic heterocycles. The van der Waals surface area contributed by atoms with Gasteiger partial charge < -0.3 is 9.47 Å². The van der Waals surface area contributed by atoms with E-state index in [-0.39, 0.29) is 29.4 Å². The molecule has 1 aliphatic rings. The molecule has 2 aromatic rings. The summed E-state index contributed by atoms with van der Waals surface area (Å²) in [7, 11) is 0. The SMILES string of the molecule is O=Cc1ccc(OCc2ccc(C3CCOCC3)c(C(F)(F)F)c2)cc1F. The molecule has 0 N–H and O–H groups in total. The highest BCUT2D eigenvalue weighted by molar-refractivity contribution is 5.75. The second-order valence-electron chi connectivity index (χ2n) is 6.40. The van der Waals surface area contributed by atoms with Crippen LogP contribution >= 0.6 is 0 Å². The zero-order valence-corrected chi connectivity index (χ0v) is 14.4. The minimum Gasteiger partial charge on any atom is -0.489 e. The Hall–Kier alpha value is -2.41. The Balaban J connectivity index is 1.80. The van der Waals surface area contributed by atoms with Gasteiger partial charge in [-0.1, -0.05) is 12.1 Å². The van der Waals surface area contributed by atoms with Crippen LogP contribution in [0.2, 0.25) is 0 Å². The number of ether oxygens (including phenoxy) is 2. The summed E-state index contributed by atoms with van der Waals surface area (Å²) >= 11 is 0. The van der Waals surface area contributed by atoms with E-state index in [0.29, 0.717) is 37.9 Å². The molecule has 1 heterocycles. The molecule has 0 spiro atoms. The minimum absolute atomic E-state index is 0.109. The topological polar surface area (TPSA) is 35.5 Å². The number of aldehydes is 1. The van der Waals surface area contributed by atoms with E-state index in [9.17, 15) is 22.4 Å². The molecule has 1 fully saturated rings. The predicted octanol–water partition coefficient (Wildman–Crippen LogP) is 5.13. The zero-order valence-electron chi connectivity index (χ0n) is 14.4. The minimum atomic E-state index is -4.47. The number of benzene rings is 2. The zero-order chi connectivity index (χ0) is 19.4. The average molecular weight is 382 g/mol. The van der Waals surface area contributed by atoms with E-state index in [1.165, 1.54) is 18.2 Å². The van der Waals surface area contributed by atoms with Crippen molar-refractivity contribution in [2.24, 2.45) is 0 Å². The van der Waals surface area contributed by atoms with Gasteiger partial charge in [0, 0.05) is 19.3 Å². The maximum Gasteiger partial charge on any atom is 0.416 e. The van der Waals surface area contributed by atoms with Crippen LogP contribution in [-0.2, 0) is 17.5 Å². The van der Waals surface area contributed by atoms with E-state index in [1.54, 1.807) is 6.07 Å². The normalized spacial score (nSPS) is 15.6. The summed E-state index contributed by atoms with van der Waals surface area (Å²) in [6.07, 6.45) is -2.98. The molecule has 0 unspecified atom stereocenters.